The van der Waals surface area contributed by atoms with Gasteiger partial charge in [0.2, 0.25) is 6.23 Å². The van der Waals surface area contributed by atoms with Crippen LogP contribution in [0.5, 0.6) is 5.75 Å². The van der Waals surface area contributed by atoms with Crippen LogP contribution in [0.15, 0.2) is 64.1 Å². The standard InChI is InChI=1S/C21H16ClFN2O2/c1-12-5-7-20(26-12)17-11-18-16-10-14(22)6-8-19(16)27-21(25(18)24-17)13-3-2-4-15(23)9-13/h2-10,18,21H,11H2,1H3/t18-,21-/m1/s1. The predicted octanol–water partition coefficient (Wildman–Crippen LogP) is 5.62. The Morgan fingerprint density at radius 1 is 1.15 bits per heavy atom. The van der Waals surface area contributed by atoms with E-state index in [1.165, 1.54) is 12.1 Å². The van der Waals surface area contributed by atoms with E-state index in [0.29, 0.717) is 17.0 Å². The van der Waals surface area contributed by atoms with Gasteiger partial charge in [0.25, 0.3) is 0 Å². The Balaban J connectivity index is 1.62. The van der Waals surface area contributed by atoms with Crippen LogP contribution in [0.2, 0.25) is 5.02 Å². The van der Waals surface area contributed by atoms with Crippen LogP contribution in [-0.4, -0.2) is 10.7 Å². The first-order valence-electron chi connectivity index (χ1n) is 8.73. The van der Waals surface area contributed by atoms with Crippen molar-refractivity contribution in [3.63, 3.8) is 0 Å². The number of aryl methyl sites for hydroxylation is 1. The van der Waals surface area contributed by atoms with E-state index in [-0.39, 0.29) is 11.9 Å². The molecule has 2 aliphatic heterocycles. The monoisotopic (exact) mass is 382 g/mol. The van der Waals surface area contributed by atoms with Crippen molar-refractivity contribution in [2.45, 2.75) is 25.6 Å². The molecule has 0 saturated heterocycles. The van der Waals surface area contributed by atoms with Crippen LogP contribution in [0.1, 0.15) is 41.3 Å². The number of rotatable bonds is 2. The molecule has 0 aliphatic carbocycles. The first kappa shape index (κ1) is 16.4. The molecule has 3 heterocycles. The molecule has 0 spiro atoms. The average molecular weight is 383 g/mol. The summed E-state index contributed by atoms with van der Waals surface area (Å²) in [6, 6.07) is 15.8. The molecule has 3 aromatic rings. The topological polar surface area (TPSA) is 38.0 Å². The van der Waals surface area contributed by atoms with Gasteiger partial charge in [-0.2, -0.15) is 5.10 Å². The van der Waals surface area contributed by atoms with Crippen LogP contribution in [0.25, 0.3) is 0 Å². The molecule has 0 bridgehead atoms. The minimum absolute atomic E-state index is 0.0545. The largest absolute Gasteiger partial charge is 0.464 e. The van der Waals surface area contributed by atoms with Crippen molar-refractivity contribution in [3.05, 3.63) is 88.1 Å². The van der Waals surface area contributed by atoms with Gasteiger partial charge >= 0.3 is 0 Å². The van der Waals surface area contributed by atoms with Gasteiger partial charge in [-0.1, -0.05) is 23.7 Å². The van der Waals surface area contributed by atoms with Gasteiger partial charge in [0.05, 0.1) is 6.04 Å². The minimum atomic E-state index is -0.520. The summed E-state index contributed by atoms with van der Waals surface area (Å²) in [5.41, 5.74) is 2.52. The highest BCUT2D eigenvalue weighted by atomic mass is 35.5. The van der Waals surface area contributed by atoms with E-state index in [9.17, 15) is 4.39 Å². The van der Waals surface area contributed by atoms with E-state index in [4.69, 9.17) is 25.9 Å². The molecule has 27 heavy (non-hydrogen) atoms. The smallest absolute Gasteiger partial charge is 0.213 e. The third-order valence-electron chi connectivity index (χ3n) is 4.91. The summed E-state index contributed by atoms with van der Waals surface area (Å²) in [4.78, 5) is 0. The summed E-state index contributed by atoms with van der Waals surface area (Å²) in [6.07, 6.45) is 0.142. The fraction of sp³-hybridized carbons (Fsp3) is 0.190. The van der Waals surface area contributed by atoms with Gasteiger partial charge in [-0.05, 0) is 49.4 Å². The first-order chi connectivity index (χ1) is 13.1. The zero-order valence-electron chi connectivity index (χ0n) is 14.5. The molecule has 0 fully saturated rings. The summed E-state index contributed by atoms with van der Waals surface area (Å²) >= 11 is 6.22. The molecule has 4 nitrogen and oxygen atoms in total. The normalized spacial score (nSPS) is 20.7. The Bertz CT molecular complexity index is 1060. The van der Waals surface area contributed by atoms with Gasteiger partial charge < -0.3 is 9.15 Å². The maximum absolute atomic E-state index is 13.8. The molecular formula is C21H16ClFN2O2. The highest BCUT2D eigenvalue weighted by Gasteiger charge is 2.41. The number of halogens is 2. The first-order valence-corrected chi connectivity index (χ1v) is 9.10. The van der Waals surface area contributed by atoms with E-state index < -0.39 is 6.23 Å². The van der Waals surface area contributed by atoms with Crippen molar-refractivity contribution in [2.24, 2.45) is 5.10 Å². The van der Waals surface area contributed by atoms with Crippen LogP contribution in [0.3, 0.4) is 0 Å². The van der Waals surface area contributed by atoms with Gasteiger partial charge in [-0.3, -0.25) is 0 Å². The Hall–Kier alpha value is -2.79. The molecule has 6 heteroatoms. The van der Waals surface area contributed by atoms with Gasteiger partial charge in [0, 0.05) is 22.6 Å². The number of fused-ring (bicyclic) bond motifs is 3. The molecule has 0 radical (unpaired) electrons. The predicted molar refractivity (Wildman–Crippen MR) is 100 cm³/mol. The fourth-order valence-electron chi connectivity index (χ4n) is 3.68. The third-order valence-corrected chi connectivity index (χ3v) is 5.15. The second kappa shape index (κ2) is 6.13. The van der Waals surface area contributed by atoms with Crippen LogP contribution >= 0.6 is 11.6 Å². The summed E-state index contributed by atoms with van der Waals surface area (Å²) in [5, 5.41) is 7.29. The molecule has 2 aromatic carbocycles. The molecule has 0 saturated carbocycles. The molecular weight excluding hydrogens is 367 g/mol. The van der Waals surface area contributed by atoms with E-state index in [2.05, 4.69) is 0 Å². The minimum Gasteiger partial charge on any atom is -0.464 e. The Morgan fingerprint density at radius 3 is 2.81 bits per heavy atom. The third kappa shape index (κ3) is 2.79. The highest BCUT2D eigenvalue weighted by molar-refractivity contribution is 6.30. The van der Waals surface area contributed by atoms with Crippen molar-refractivity contribution in [1.29, 1.82) is 0 Å². The van der Waals surface area contributed by atoms with Crippen molar-refractivity contribution in [3.8, 4) is 5.75 Å². The number of hydrogen-bond donors (Lipinski definition) is 0. The van der Waals surface area contributed by atoms with Crippen molar-refractivity contribution >= 4 is 17.3 Å². The SMILES string of the molecule is Cc1ccc(C2=NN3[C@H](C2)c2cc(Cl)ccc2O[C@@H]3c2cccc(F)c2)o1. The second-order valence-electron chi connectivity index (χ2n) is 6.76. The number of benzene rings is 2. The molecule has 0 unspecified atom stereocenters. The maximum Gasteiger partial charge on any atom is 0.213 e. The summed E-state index contributed by atoms with van der Waals surface area (Å²) in [6.45, 7) is 1.90. The molecule has 0 N–H and O–H groups in total. The number of hydrazone groups is 1. The number of furan rings is 1. The lowest BCUT2D eigenvalue weighted by Gasteiger charge is -2.38. The summed E-state index contributed by atoms with van der Waals surface area (Å²) in [5.74, 6) is 2.00. The zero-order chi connectivity index (χ0) is 18.5. The van der Waals surface area contributed by atoms with E-state index >= 15 is 0 Å². The lowest BCUT2D eigenvalue weighted by molar-refractivity contribution is -0.0192. The van der Waals surface area contributed by atoms with Gasteiger partial charge in [0.1, 0.15) is 28.8 Å². The number of hydrogen-bond acceptors (Lipinski definition) is 4. The molecule has 1 aromatic heterocycles. The Kier molecular flexibility index (Phi) is 3.72. The van der Waals surface area contributed by atoms with Gasteiger partial charge in [-0.25, -0.2) is 9.40 Å². The van der Waals surface area contributed by atoms with Crippen LogP contribution in [0, 0.1) is 12.7 Å². The second-order valence-corrected chi connectivity index (χ2v) is 7.20. The summed E-state index contributed by atoms with van der Waals surface area (Å²) < 4.78 is 25.8. The van der Waals surface area contributed by atoms with Crippen LogP contribution in [-0.2, 0) is 0 Å². The van der Waals surface area contributed by atoms with Gasteiger partial charge in [0.15, 0.2) is 0 Å². The highest BCUT2D eigenvalue weighted by Crippen LogP contribution is 2.48. The van der Waals surface area contributed by atoms with E-state index in [1.807, 2.05) is 42.3 Å². The number of ether oxygens (including phenoxy) is 1. The fourth-order valence-corrected chi connectivity index (χ4v) is 3.86. The van der Waals surface area contributed by atoms with E-state index in [1.54, 1.807) is 12.1 Å². The zero-order valence-corrected chi connectivity index (χ0v) is 15.3. The summed E-state index contributed by atoms with van der Waals surface area (Å²) in [7, 11) is 0. The van der Waals surface area contributed by atoms with Crippen LogP contribution in [0.4, 0.5) is 4.39 Å². The molecule has 2 aliphatic rings. The molecule has 136 valence electrons. The van der Waals surface area contributed by atoms with Crippen molar-refractivity contribution in [1.82, 2.24) is 5.01 Å². The molecule has 5 rings (SSSR count). The van der Waals surface area contributed by atoms with E-state index in [0.717, 1.165) is 28.5 Å². The molecule has 2 atom stereocenters. The lowest BCUT2D eigenvalue weighted by atomic mass is 9.97. The van der Waals surface area contributed by atoms with Crippen molar-refractivity contribution < 1.29 is 13.5 Å². The number of nitrogens with zero attached hydrogens (tertiary/aromatic N) is 2. The van der Waals surface area contributed by atoms with Gasteiger partial charge in [-0.15, -0.1) is 0 Å². The lowest BCUT2D eigenvalue weighted by Crippen LogP contribution is -2.33. The van der Waals surface area contributed by atoms with Crippen LogP contribution < -0.4 is 4.74 Å². The average Bonchev–Trinajstić information content (AvgIpc) is 3.27. The molecule has 0 amide bonds. The quantitative estimate of drug-likeness (QED) is 0.577. The Morgan fingerprint density at radius 2 is 2.04 bits per heavy atom. The Labute approximate surface area is 160 Å². The maximum atomic E-state index is 13.8. The van der Waals surface area contributed by atoms with Crippen molar-refractivity contribution in [2.75, 3.05) is 0 Å².